The summed E-state index contributed by atoms with van der Waals surface area (Å²) in [6.07, 6.45) is 0. The molecular formula is C12H8B2Cl4O3. The molecule has 0 atom stereocenters. The fourth-order valence-electron chi connectivity index (χ4n) is 1.61. The standard InChI is InChI=1S/C12H8B2Cl4O3/c15-9-3-1-7(5-11(9)17)13(19)21-14(20)8-2-4-10(16)12(18)6-8/h1-6,19-20H. The van der Waals surface area contributed by atoms with E-state index >= 15 is 0 Å². The minimum atomic E-state index is -1.37. The second kappa shape index (κ2) is 7.25. The molecular weight excluding hydrogens is 356 g/mol. The van der Waals surface area contributed by atoms with Crippen LogP contribution in [0.3, 0.4) is 0 Å². The first kappa shape index (κ1) is 17.0. The Bertz CT molecular complexity index is 601. The average Bonchev–Trinajstić information content (AvgIpc) is 2.44. The summed E-state index contributed by atoms with van der Waals surface area (Å²) in [6, 6.07) is 9.04. The van der Waals surface area contributed by atoms with E-state index in [-0.39, 0.29) is 10.0 Å². The average molecular weight is 364 g/mol. The summed E-state index contributed by atoms with van der Waals surface area (Å²) >= 11 is 23.3. The Labute approximate surface area is 142 Å². The number of halogens is 4. The van der Waals surface area contributed by atoms with Gasteiger partial charge in [0.05, 0.1) is 20.1 Å². The lowest BCUT2D eigenvalue weighted by atomic mass is 9.71. The molecule has 21 heavy (non-hydrogen) atoms. The quantitative estimate of drug-likeness (QED) is 0.820. The first-order valence-electron chi connectivity index (χ1n) is 5.80. The highest BCUT2D eigenvalue weighted by atomic mass is 35.5. The van der Waals surface area contributed by atoms with Crippen LogP contribution in [0.15, 0.2) is 36.4 Å². The van der Waals surface area contributed by atoms with Gasteiger partial charge in [0.25, 0.3) is 0 Å². The molecule has 0 heterocycles. The lowest BCUT2D eigenvalue weighted by molar-refractivity contribution is 0.379. The van der Waals surface area contributed by atoms with Crippen molar-refractivity contribution in [3.8, 4) is 0 Å². The highest BCUT2D eigenvalue weighted by Crippen LogP contribution is 2.20. The molecule has 108 valence electrons. The molecule has 0 saturated carbocycles. The van der Waals surface area contributed by atoms with Gasteiger partial charge in [0.2, 0.25) is 0 Å². The van der Waals surface area contributed by atoms with Crippen LogP contribution in [0.4, 0.5) is 0 Å². The maximum Gasteiger partial charge on any atom is 0.477 e. The molecule has 0 aliphatic carbocycles. The molecule has 0 aliphatic rings. The smallest absolute Gasteiger partial charge is 0.443 e. The first-order chi connectivity index (χ1) is 9.88. The highest BCUT2D eigenvalue weighted by Gasteiger charge is 2.26. The molecule has 2 rings (SSSR count). The molecule has 0 saturated heterocycles. The van der Waals surface area contributed by atoms with Crippen molar-refractivity contribution in [2.45, 2.75) is 0 Å². The van der Waals surface area contributed by atoms with E-state index in [0.29, 0.717) is 21.0 Å². The molecule has 0 aromatic heterocycles. The van der Waals surface area contributed by atoms with Gasteiger partial charge in [-0.3, -0.25) is 0 Å². The van der Waals surface area contributed by atoms with Gasteiger partial charge < -0.3 is 14.6 Å². The molecule has 0 aliphatic heterocycles. The third-order valence-corrected chi connectivity index (χ3v) is 4.19. The van der Waals surface area contributed by atoms with Crippen molar-refractivity contribution in [1.29, 1.82) is 0 Å². The molecule has 2 N–H and O–H groups in total. The molecule has 0 radical (unpaired) electrons. The Morgan fingerprint density at radius 3 is 1.38 bits per heavy atom. The van der Waals surface area contributed by atoms with E-state index in [1.165, 1.54) is 24.3 Å². The molecule has 0 unspecified atom stereocenters. The SMILES string of the molecule is OB(OB(O)c1ccc(Cl)c(Cl)c1)c1ccc(Cl)c(Cl)c1. The second-order valence-electron chi connectivity index (χ2n) is 4.19. The summed E-state index contributed by atoms with van der Waals surface area (Å²) in [7, 11) is -2.74. The van der Waals surface area contributed by atoms with Gasteiger partial charge in [-0.2, -0.15) is 0 Å². The summed E-state index contributed by atoms with van der Waals surface area (Å²) in [5.74, 6) is 0. The molecule has 3 nitrogen and oxygen atoms in total. The van der Waals surface area contributed by atoms with Gasteiger partial charge in [-0.15, -0.1) is 0 Å². The van der Waals surface area contributed by atoms with E-state index in [4.69, 9.17) is 51.0 Å². The van der Waals surface area contributed by atoms with Gasteiger partial charge in [0, 0.05) is 0 Å². The maximum absolute atomic E-state index is 9.95. The Hall–Kier alpha value is -0.390. The fraction of sp³-hybridized carbons (Fsp3) is 0. The van der Waals surface area contributed by atoms with Gasteiger partial charge in [0.15, 0.2) is 0 Å². The highest BCUT2D eigenvalue weighted by molar-refractivity contribution is 6.73. The van der Waals surface area contributed by atoms with Crippen molar-refractivity contribution >= 4 is 71.6 Å². The van der Waals surface area contributed by atoms with Crippen LogP contribution in [0.25, 0.3) is 0 Å². The summed E-state index contributed by atoms with van der Waals surface area (Å²) < 4.78 is 5.12. The number of hydrogen-bond donors (Lipinski definition) is 2. The Balaban J connectivity index is 2.12. The Morgan fingerprint density at radius 1 is 0.667 bits per heavy atom. The third kappa shape index (κ3) is 4.30. The number of rotatable bonds is 4. The molecule has 0 spiro atoms. The molecule has 0 fully saturated rings. The van der Waals surface area contributed by atoms with E-state index < -0.39 is 14.2 Å². The van der Waals surface area contributed by atoms with Crippen LogP contribution in [0, 0.1) is 0 Å². The lowest BCUT2D eigenvalue weighted by Crippen LogP contribution is -2.45. The zero-order valence-corrected chi connectivity index (χ0v) is 13.5. The van der Waals surface area contributed by atoms with Crippen LogP contribution in [-0.2, 0) is 4.57 Å². The zero-order valence-electron chi connectivity index (χ0n) is 10.4. The number of hydrogen-bond acceptors (Lipinski definition) is 3. The van der Waals surface area contributed by atoms with E-state index in [1.54, 1.807) is 12.1 Å². The van der Waals surface area contributed by atoms with Crippen LogP contribution >= 0.6 is 46.4 Å². The minimum absolute atomic E-state index is 0.279. The normalized spacial score (nSPS) is 10.6. The zero-order chi connectivity index (χ0) is 15.6. The summed E-state index contributed by atoms with van der Waals surface area (Å²) in [6.45, 7) is 0. The van der Waals surface area contributed by atoms with Gasteiger partial charge in [-0.05, 0) is 35.2 Å². The van der Waals surface area contributed by atoms with E-state index in [9.17, 15) is 10.0 Å². The lowest BCUT2D eigenvalue weighted by Gasteiger charge is -2.13. The van der Waals surface area contributed by atoms with Crippen LogP contribution in [-0.4, -0.2) is 24.3 Å². The monoisotopic (exact) mass is 362 g/mol. The third-order valence-electron chi connectivity index (χ3n) is 2.72. The Morgan fingerprint density at radius 2 is 1.05 bits per heavy atom. The second-order valence-corrected chi connectivity index (χ2v) is 5.82. The van der Waals surface area contributed by atoms with E-state index in [2.05, 4.69) is 0 Å². The topological polar surface area (TPSA) is 49.7 Å². The van der Waals surface area contributed by atoms with Gasteiger partial charge >= 0.3 is 14.2 Å². The maximum atomic E-state index is 9.95. The number of benzene rings is 2. The van der Waals surface area contributed by atoms with Crippen molar-refractivity contribution in [1.82, 2.24) is 0 Å². The minimum Gasteiger partial charge on any atom is -0.443 e. The van der Waals surface area contributed by atoms with Crippen molar-refractivity contribution in [3.05, 3.63) is 56.5 Å². The van der Waals surface area contributed by atoms with Crippen molar-refractivity contribution < 1.29 is 14.6 Å². The van der Waals surface area contributed by atoms with Crippen molar-refractivity contribution in [2.24, 2.45) is 0 Å². The van der Waals surface area contributed by atoms with E-state index in [0.717, 1.165) is 0 Å². The van der Waals surface area contributed by atoms with Crippen LogP contribution in [0.1, 0.15) is 0 Å². The van der Waals surface area contributed by atoms with Gasteiger partial charge in [-0.25, -0.2) is 0 Å². The first-order valence-corrected chi connectivity index (χ1v) is 7.31. The molecule has 2 aromatic carbocycles. The summed E-state index contributed by atoms with van der Waals surface area (Å²) in [4.78, 5) is 0. The van der Waals surface area contributed by atoms with Crippen molar-refractivity contribution in [2.75, 3.05) is 0 Å². The molecule has 9 heteroatoms. The molecule has 0 bridgehead atoms. The summed E-state index contributed by atoms with van der Waals surface area (Å²) in [5, 5.41) is 21.2. The van der Waals surface area contributed by atoms with E-state index in [1.807, 2.05) is 0 Å². The predicted octanol–water partition coefficient (Wildman–Crippen LogP) is 2.39. The molecule has 0 amide bonds. The largest absolute Gasteiger partial charge is 0.477 e. The van der Waals surface area contributed by atoms with Crippen molar-refractivity contribution in [3.63, 3.8) is 0 Å². The van der Waals surface area contributed by atoms with Crippen LogP contribution in [0.2, 0.25) is 20.1 Å². The molecule has 2 aromatic rings. The van der Waals surface area contributed by atoms with Gasteiger partial charge in [-0.1, -0.05) is 58.5 Å². The van der Waals surface area contributed by atoms with Crippen LogP contribution < -0.4 is 10.9 Å². The predicted molar refractivity (Wildman–Crippen MR) is 89.2 cm³/mol. The van der Waals surface area contributed by atoms with Gasteiger partial charge in [0.1, 0.15) is 0 Å². The Kier molecular flexibility index (Phi) is 5.86. The fourth-order valence-corrected chi connectivity index (χ4v) is 2.22. The van der Waals surface area contributed by atoms with Crippen LogP contribution in [0.5, 0.6) is 0 Å². The summed E-state index contributed by atoms with van der Waals surface area (Å²) in [5.41, 5.74) is 0.729.